The number of hydrogen-bond donors (Lipinski definition) is 0. The molecule has 14 heavy (non-hydrogen) atoms. The number of benzene rings is 1. The standard InChI is InChI=1S/C11H9NO2/c1-13-10-3-2-4-11-9(10)5-8(6-12)7-14-11/h2-5H,7H2,1H3. The van der Waals surface area contributed by atoms with Gasteiger partial charge < -0.3 is 9.47 Å². The number of nitrogens with zero attached hydrogens (tertiary/aromatic N) is 1. The van der Waals surface area contributed by atoms with Gasteiger partial charge in [-0.1, -0.05) is 6.07 Å². The van der Waals surface area contributed by atoms with Crippen LogP contribution in [0.2, 0.25) is 0 Å². The van der Waals surface area contributed by atoms with Gasteiger partial charge in [-0.25, -0.2) is 0 Å². The smallest absolute Gasteiger partial charge is 0.130 e. The van der Waals surface area contributed by atoms with Crippen LogP contribution in [0.1, 0.15) is 5.56 Å². The third kappa shape index (κ3) is 1.31. The zero-order valence-corrected chi connectivity index (χ0v) is 7.78. The van der Waals surface area contributed by atoms with Crippen LogP contribution in [-0.2, 0) is 0 Å². The van der Waals surface area contributed by atoms with E-state index in [1.807, 2.05) is 18.2 Å². The minimum atomic E-state index is 0.344. The van der Waals surface area contributed by atoms with Crippen LogP contribution in [0.5, 0.6) is 11.5 Å². The van der Waals surface area contributed by atoms with Gasteiger partial charge >= 0.3 is 0 Å². The molecule has 0 saturated heterocycles. The molecule has 1 aliphatic rings. The summed E-state index contributed by atoms with van der Waals surface area (Å²) in [6, 6.07) is 7.65. The Labute approximate surface area is 82.2 Å². The number of rotatable bonds is 1. The van der Waals surface area contributed by atoms with E-state index in [9.17, 15) is 0 Å². The SMILES string of the molecule is COc1cccc2c1C=C(C#N)CO2. The molecule has 2 rings (SSSR count). The molecular formula is C11H9NO2. The maximum atomic E-state index is 8.74. The Morgan fingerprint density at radius 3 is 3.07 bits per heavy atom. The zero-order valence-electron chi connectivity index (χ0n) is 7.78. The largest absolute Gasteiger partial charge is 0.496 e. The van der Waals surface area contributed by atoms with E-state index in [1.165, 1.54) is 0 Å². The Hall–Kier alpha value is -1.95. The van der Waals surface area contributed by atoms with E-state index in [-0.39, 0.29) is 0 Å². The predicted molar refractivity (Wildman–Crippen MR) is 52.1 cm³/mol. The third-order valence-electron chi connectivity index (χ3n) is 2.09. The average Bonchev–Trinajstić information content (AvgIpc) is 2.27. The van der Waals surface area contributed by atoms with Crippen LogP contribution in [0.4, 0.5) is 0 Å². The lowest BCUT2D eigenvalue weighted by Gasteiger charge is -2.16. The molecule has 1 aromatic carbocycles. The molecule has 0 unspecified atom stereocenters. The van der Waals surface area contributed by atoms with Crippen molar-refractivity contribution in [3.63, 3.8) is 0 Å². The fourth-order valence-electron chi connectivity index (χ4n) is 1.41. The summed E-state index contributed by atoms with van der Waals surface area (Å²) in [5.74, 6) is 1.50. The van der Waals surface area contributed by atoms with Crippen molar-refractivity contribution in [2.24, 2.45) is 0 Å². The molecule has 0 radical (unpaired) electrons. The summed E-state index contributed by atoms with van der Waals surface area (Å²) in [6.45, 7) is 0.344. The summed E-state index contributed by atoms with van der Waals surface area (Å²) < 4.78 is 10.6. The summed E-state index contributed by atoms with van der Waals surface area (Å²) in [7, 11) is 1.60. The highest BCUT2D eigenvalue weighted by Gasteiger charge is 2.14. The van der Waals surface area contributed by atoms with Crippen LogP contribution in [0.15, 0.2) is 23.8 Å². The number of fused-ring (bicyclic) bond motifs is 1. The Bertz CT molecular complexity index is 429. The highest BCUT2D eigenvalue weighted by molar-refractivity contribution is 5.70. The second-order valence-corrected chi connectivity index (χ2v) is 2.94. The van der Waals surface area contributed by atoms with Gasteiger partial charge in [0.05, 0.1) is 24.3 Å². The van der Waals surface area contributed by atoms with Crippen molar-refractivity contribution >= 4 is 6.08 Å². The van der Waals surface area contributed by atoms with Crippen molar-refractivity contribution in [3.8, 4) is 17.6 Å². The molecule has 0 N–H and O–H groups in total. The molecule has 0 saturated carbocycles. The van der Waals surface area contributed by atoms with Gasteiger partial charge in [-0.15, -0.1) is 0 Å². The van der Waals surface area contributed by atoms with E-state index in [0.717, 1.165) is 17.1 Å². The highest BCUT2D eigenvalue weighted by atomic mass is 16.5. The van der Waals surface area contributed by atoms with Gasteiger partial charge in [0.1, 0.15) is 18.1 Å². The molecule has 1 heterocycles. The first-order chi connectivity index (χ1) is 6.85. The lowest BCUT2D eigenvalue weighted by atomic mass is 10.1. The molecule has 0 bridgehead atoms. The van der Waals surface area contributed by atoms with Gasteiger partial charge in [-0.3, -0.25) is 0 Å². The van der Waals surface area contributed by atoms with Crippen molar-refractivity contribution in [1.29, 1.82) is 5.26 Å². The molecule has 0 spiro atoms. The van der Waals surface area contributed by atoms with Crippen LogP contribution < -0.4 is 9.47 Å². The minimum Gasteiger partial charge on any atom is -0.496 e. The number of hydrogen-bond acceptors (Lipinski definition) is 3. The quantitative estimate of drug-likeness (QED) is 0.675. The lowest BCUT2D eigenvalue weighted by Crippen LogP contribution is -2.06. The maximum absolute atomic E-state index is 8.74. The summed E-state index contributed by atoms with van der Waals surface area (Å²) in [6.07, 6.45) is 1.80. The van der Waals surface area contributed by atoms with Crippen molar-refractivity contribution in [2.45, 2.75) is 0 Å². The summed E-state index contributed by atoms with van der Waals surface area (Å²) >= 11 is 0. The van der Waals surface area contributed by atoms with Crippen molar-refractivity contribution in [2.75, 3.05) is 13.7 Å². The molecule has 1 aliphatic heterocycles. The highest BCUT2D eigenvalue weighted by Crippen LogP contribution is 2.33. The summed E-state index contributed by atoms with van der Waals surface area (Å²) in [4.78, 5) is 0. The fourth-order valence-corrected chi connectivity index (χ4v) is 1.41. The monoisotopic (exact) mass is 187 g/mol. The van der Waals surface area contributed by atoms with E-state index in [1.54, 1.807) is 13.2 Å². The third-order valence-corrected chi connectivity index (χ3v) is 2.09. The zero-order chi connectivity index (χ0) is 9.97. The van der Waals surface area contributed by atoms with Crippen LogP contribution in [0, 0.1) is 11.3 Å². The topological polar surface area (TPSA) is 42.2 Å². The molecule has 0 fully saturated rings. The number of nitriles is 1. The van der Waals surface area contributed by atoms with E-state index < -0.39 is 0 Å². The van der Waals surface area contributed by atoms with Crippen LogP contribution >= 0.6 is 0 Å². The molecule has 70 valence electrons. The predicted octanol–water partition coefficient (Wildman–Crippen LogP) is 1.99. The van der Waals surface area contributed by atoms with E-state index in [4.69, 9.17) is 14.7 Å². The van der Waals surface area contributed by atoms with Gasteiger partial charge in [0, 0.05) is 0 Å². The second kappa shape index (κ2) is 3.43. The Balaban J connectivity index is 2.55. The molecule has 1 aromatic rings. The Morgan fingerprint density at radius 1 is 1.50 bits per heavy atom. The minimum absolute atomic E-state index is 0.344. The van der Waals surface area contributed by atoms with Gasteiger partial charge in [0.2, 0.25) is 0 Å². The molecule has 0 atom stereocenters. The second-order valence-electron chi connectivity index (χ2n) is 2.94. The molecule has 0 aromatic heterocycles. The molecular weight excluding hydrogens is 178 g/mol. The van der Waals surface area contributed by atoms with Crippen LogP contribution in [0.3, 0.4) is 0 Å². The fraction of sp³-hybridized carbons (Fsp3) is 0.182. The van der Waals surface area contributed by atoms with Gasteiger partial charge in [0.25, 0.3) is 0 Å². The molecule has 0 amide bonds. The van der Waals surface area contributed by atoms with E-state index in [2.05, 4.69) is 6.07 Å². The van der Waals surface area contributed by atoms with Gasteiger partial charge in [-0.2, -0.15) is 5.26 Å². The molecule has 3 nitrogen and oxygen atoms in total. The number of ether oxygens (including phenoxy) is 2. The number of methoxy groups -OCH3 is 1. The van der Waals surface area contributed by atoms with Gasteiger partial charge in [-0.05, 0) is 18.2 Å². The maximum Gasteiger partial charge on any atom is 0.130 e. The first-order valence-corrected chi connectivity index (χ1v) is 4.25. The van der Waals surface area contributed by atoms with Crippen LogP contribution in [0.25, 0.3) is 6.08 Å². The van der Waals surface area contributed by atoms with Crippen molar-refractivity contribution in [1.82, 2.24) is 0 Å². The summed E-state index contributed by atoms with van der Waals surface area (Å²) in [5.41, 5.74) is 1.46. The molecule has 0 aliphatic carbocycles. The normalized spacial score (nSPS) is 13.3. The lowest BCUT2D eigenvalue weighted by molar-refractivity contribution is 0.345. The van der Waals surface area contributed by atoms with Crippen molar-refractivity contribution < 1.29 is 9.47 Å². The Kier molecular flexibility index (Phi) is 2.11. The first kappa shape index (κ1) is 8.64. The van der Waals surface area contributed by atoms with Crippen LogP contribution in [-0.4, -0.2) is 13.7 Å². The van der Waals surface area contributed by atoms with E-state index in [0.29, 0.717) is 12.2 Å². The summed E-state index contributed by atoms with van der Waals surface area (Å²) in [5, 5.41) is 8.74. The van der Waals surface area contributed by atoms with Crippen molar-refractivity contribution in [3.05, 3.63) is 29.3 Å². The first-order valence-electron chi connectivity index (χ1n) is 4.25. The molecule has 3 heteroatoms. The van der Waals surface area contributed by atoms with Gasteiger partial charge in [0.15, 0.2) is 0 Å². The average molecular weight is 187 g/mol. The van der Waals surface area contributed by atoms with E-state index >= 15 is 0 Å². The Morgan fingerprint density at radius 2 is 2.36 bits per heavy atom.